The normalized spacial score (nSPS) is 11.7. The van der Waals surface area contributed by atoms with Gasteiger partial charge in [0.05, 0.1) is 11.7 Å². The highest BCUT2D eigenvalue weighted by molar-refractivity contribution is 7.18. The number of rotatable bonds is 4. The average molecular weight is 384 g/mol. The van der Waals surface area contributed by atoms with E-state index in [1.54, 1.807) is 0 Å². The Morgan fingerprint density at radius 3 is 2.63 bits per heavy atom. The number of anilines is 1. The van der Waals surface area contributed by atoms with E-state index in [-0.39, 0.29) is 23.3 Å². The van der Waals surface area contributed by atoms with Gasteiger partial charge in [0.1, 0.15) is 4.83 Å². The molecule has 0 bridgehead atoms. The lowest BCUT2D eigenvalue weighted by atomic mass is 9.86. The number of para-hydroxylation sites is 1. The third-order valence-electron chi connectivity index (χ3n) is 4.74. The zero-order valence-corrected chi connectivity index (χ0v) is 17.2. The molecular formula is C21H25N3O2S. The number of aromatic nitrogens is 2. The maximum atomic E-state index is 12.7. The van der Waals surface area contributed by atoms with Gasteiger partial charge in [-0.2, -0.15) is 0 Å². The number of carbonyl (C=O) groups is 1. The van der Waals surface area contributed by atoms with Gasteiger partial charge >= 0.3 is 0 Å². The van der Waals surface area contributed by atoms with Gasteiger partial charge in [-0.15, -0.1) is 11.3 Å². The third-order valence-corrected chi connectivity index (χ3v) is 5.86. The van der Waals surface area contributed by atoms with E-state index in [1.807, 2.05) is 38.1 Å². The smallest absolute Gasteiger partial charge is 0.262 e. The maximum absolute atomic E-state index is 12.7. The SMILES string of the molecule is Cc1sc2ncn(CCC(=O)Nc3ccccc3C(C)(C)C)c(=O)c2c1C. The first kappa shape index (κ1) is 19.3. The second-order valence-electron chi connectivity index (χ2n) is 7.80. The minimum Gasteiger partial charge on any atom is -0.326 e. The van der Waals surface area contributed by atoms with Gasteiger partial charge in [-0.3, -0.25) is 14.2 Å². The Kier molecular flexibility index (Phi) is 5.20. The lowest BCUT2D eigenvalue weighted by Crippen LogP contribution is -2.24. The number of carbonyl (C=O) groups excluding carboxylic acids is 1. The lowest BCUT2D eigenvalue weighted by molar-refractivity contribution is -0.116. The molecule has 2 heterocycles. The van der Waals surface area contributed by atoms with Gasteiger partial charge in [0.2, 0.25) is 5.91 Å². The van der Waals surface area contributed by atoms with E-state index >= 15 is 0 Å². The number of hydrogen-bond acceptors (Lipinski definition) is 4. The van der Waals surface area contributed by atoms with Crippen molar-refractivity contribution in [3.8, 4) is 0 Å². The molecule has 0 atom stereocenters. The van der Waals surface area contributed by atoms with Crippen LogP contribution in [0, 0.1) is 13.8 Å². The number of benzene rings is 1. The molecular weight excluding hydrogens is 358 g/mol. The number of aryl methyl sites for hydroxylation is 3. The van der Waals surface area contributed by atoms with Gasteiger partial charge < -0.3 is 5.32 Å². The van der Waals surface area contributed by atoms with Gasteiger partial charge in [0.15, 0.2) is 0 Å². The van der Waals surface area contributed by atoms with E-state index in [0.717, 1.165) is 26.5 Å². The first-order chi connectivity index (χ1) is 12.7. The summed E-state index contributed by atoms with van der Waals surface area (Å²) in [6.45, 7) is 10.6. The van der Waals surface area contributed by atoms with Crippen LogP contribution < -0.4 is 10.9 Å². The van der Waals surface area contributed by atoms with E-state index in [9.17, 15) is 9.59 Å². The van der Waals surface area contributed by atoms with Crippen LogP contribution in [0.2, 0.25) is 0 Å². The van der Waals surface area contributed by atoms with Crippen molar-refractivity contribution in [3.05, 3.63) is 57.0 Å². The Labute approximate surface area is 163 Å². The first-order valence-corrected chi connectivity index (χ1v) is 9.84. The molecule has 0 fully saturated rings. The van der Waals surface area contributed by atoms with Crippen molar-refractivity contribution in [2.24, 2.45) is 0 Å². The predicted molar refractivity (Wildman–Crippen MR) is 112 cm³/mol. The summed E-state index contributed by atoms with van der Waals surface area (Å²) in [6, 6.07) is 7.83. The van der Waals surface area contributed by atoms with Crippen LogP contribution in [0.4, 0.5) is 5.69 Å². The summed E-state index contributed by atoms with van der Waals surface area (Å²) in [6.07, 6.45) is 1.75. The largest absolute Gasteiger partial charge is 0.326 e. The minimum absolute atomic E-state index is 0.0654. The van der Waals surface area contributed by atoms with Crippen LogP contribution in [0.15, 0.2) is 35.4 Å². The topological polar surface area (TPSA) is 64.0 Å². The molecule has 0 aliphatic heterocycles. The molecule has 3 aromatic rings. The van der Waals surface area contributed by atoms with E-state index in [2.05, 4.69) is 31.1 Å². The van der Waals surface area contributed by atoms with Crippen molar-refractivity contribution < 1.29 is 4.79 Å². The monoisotopic (exact) mass is 383 g/mol. The molecule has 5 nitrogen and oxygen atoms in total. The van der Waals surface area contributed by atoms with Crippen molar-refractivity contribution >= 4 is 33.1 Å². The molecule has 0 aliphatic rings. The molecule has 0 radical (unpaired) electrons. The number of hydrogen-bond donors (Lipinski definition) is 1. The number of nitrogens with one attached hydrogen (secondary N) is 1. The number of fused-ring (bicyclic) bond motifs is 1. The van der Waals surface area contributed by atoms with E-state index in [4.69, 9.17) is 0 Å². The van der Waals surface area contributed by atoms with Crippen molar-refractivity contribution in [2.75, 3.05) is 5.32 Å². The molecule has 3 rings (SSSR count). The van der Waals surface area contributed by atoms with Crippen molar-refractivity contribution in [1.29, 1.82) is 0 Å². The van der Waals surface area contributed by atoms with Gasteiger partial charge in [-0.05, 0) is 36.5 Å². The highest BCUT2D eigenvalue weighted by Crippen LogP contribution is 2.29. The Hall–Kier alpha value is -2.47. The summed E-state index contributed by atoms with van der Waals surface area (Å²) >= 11 is 1.53. The molecule has 0 spiro atoms. The molecule has 27 heavy (non-hydrogen) atoms. The second-order valence-corrected chi connectivity index (χ2v) is 9.00. The number of amides is 1. The molecule has 142 valence electrons. The van der Waals surface area contributed by atoms with E-state index in [1.165, 1.54) is 22.2 Å². The van der Waals surface area contributed by atoms with Crippen LogP contribution in [-0.2, 0) is 16.8 Å². The number of thiophene rings is 1. The van der Waals surface area contributed by atoms with Crippen LogP contribution in [0.25, 0.3) is 10.2 Å². The molecule has 6 heteroatoms. The van der Waals surface area contributed by atoms with Gasteiger partial charge in [0, 0.05) is 23.5 Å². The second kappa shape index (κ2) is 7.27. The van der Waals surface area contributed by atoms with E-state index in [0.29, 0.717) is 11.9 Å². The predicted octanol–water partition coefficient (Wildman–Crippen LogP) is 4.40. The van der Waals surface area contributed by atoms with Crippen LogP contribution in [0.5, 0.6) is 0 Å². The fourth-order valence-electron chi connectivity index (χ4n) is 3.11. The van der Waals surface area contributed by atoms with Crippen LogP contribution >= 0.6 is 11.3 Å². The molecule has 1 aromatic carbocycles. The summed E-state index contributed by atoms with van der Waals surface area (Å²) < 4.78 is 1.52. The zero-order valence-electron chi connectivity index (χ0n) is 16.4. The highest BCUT2D eigenvalue weighted by Gasteiger charge is 2.19. The molecule has 1 amide bonds. The van der Waals surface area contributed by atoms with E-state index < -0.39 is 0 Å². The zero-order chi connectivity index (χ0) is 19.8. The quantitative estimate of drug-likeness (QED) is 0.726. The van der Waals surface area contributed by atoms with Crippen molar-refractivity contribution in [2.45, 2.75) is 53.0 Å². The summed E-state index contributed by atoms with van der Waals surface area (Å²) in [4.78, 5) is 31.4. The summed E-state index contributed by atoms with van der Waals surface area (Å²) in [5.41, 5.74) is 2.74. The summed E-state index contributed by atoms with van der Waals surface area (Å²) in [5.74, 6) is -0.114. The average Bonchev–Trinajstić information content (AvgIpc) is 2.89. The maximum Gasteiger partial charge on any atom is 0.262 e. The Balaban J connectivity index is 1.76. The summed E-state index contributed by atoms with van der Waals surface area (Å²) in [7, 11) is 0. The molecule has 0 saturated carbocycles. The van der Waals surface area contributed by atoms with Crippen molar-refractivity contribution in [1.82, 2.24) is 9.55 Å². The minimum atomic E-state index is -0.114. The Morgan fingerprint density at radius 1 is 1.22 bits per heavy atom. The van der Waals surface area contributed by atoms with Crippen LogP contribution in [0.3, 0.4) is 0 Å². The molecule has 0 saturated heterocycles. The molecule has 0 unspecified atom stereocenters. The third kappa shape index (κ3) is 3.95. The standard InChI is InChI=1S/C21H25N3O2S/c1-13-14(2)27-19-18(13)20(26)24(12-22-19)11-10-17(25)23-16-9-7-6-8-15(16)21(3,4)5/h6-9,12H,10-11H2,1-5H3,(H,23,25). The van der Waals surface area contributed by atoms with Crippen LogP contribution in [-0.4, -0.2) is 15.5 Å². The highest BCUT2D eigenvalue weighted by atomic mass is 32.1. The molecule has 0 aliphatic carbocycles. The molecule has 2 aromatic heterocycles. The Bertz CT molecular complexity index is 1060. The first-order valence-electron chi connectivity index (χ1n) is 9.03. The lowest BCUT2D eigenvalue weighted by Gasteiger charge is -2.23. The van der Waals surface area contributed by atoms with Gasteiger partial charge in [-0.1, -0.05) is 39.0 Å². The summed E-state index contributed by atoms with van der Waals surface area (Å²) in [5, 5.41) is 3.65. The molecule has 1 N–H and O–H groups in total. The Morgan fingerprint density at radius 2 is 1.93 bits per heavy atom. The van der Waals surface area contributed by atoms with Crippen LogP contribution in [0.1, 0.15) is 43.2 Å². The fraction of sp³-hybridized carbons (Fsp3) is 0.381. The van der Waals surface area contributed by atoms with Gasteiger partial charge in [0.25, 0.3) is 5.56 Å². The number of nitrogens with zero attached hydrogens (tertiary/aromatic N) is 2. The fourth-order valence-corrected chi connectivity index (χ4v) is 4.10. The van der Waals surface area contributed by atoms with Crippen molar-refractivity contribution in [3.63, 3.8) is 0 Å². The van der Waals surface area contributed by atoms with Gasteiger partial charge in [-0.25, -0.2) is 4.98 Å².